The Hall–Kier alpha value is -2.60. The third-order valence-corrected chi connectivity index (χ3v) is 3.59. The van der Waals surface area contributed by atoms with Crippen molar-refractivity contribution in [3.05, 3.63) is 53.8 Å². The lowest BCUT2D eigenvalue weighted by Gasteiger charge is -2.30. The van der Waals surface area contributed by atoms with Crippen molar-refractivity contribution in [3.8, 4) is 0 Å². The molecule has 3 rings (SSSR count). The quantitative estimate of drug-likeness (QED) is 0.811. The number of anilines is 1. The zero-order valence-corrected chi connectivity index (χ0v) is 11.9. The highest BCUT2D eigenvalue weighted by Gasteiger charge is 2.22. The van der Waals surface area contributed by atoms with E-state index < -0.39 is 6.17 Å². The molecule has 6 heteroatoms. The Morgan fingerprint density at radius 3 is 2.90 bits per heavy atom. The molecule has 2 aromatic rings. The molecule has 0 saturated carbocycles. The number of Topliss-reactive ketones (excluding diaryl/α,β-unsaturated/α-hetero) is 1. The molecule has 0 aliphatic carbocycles. The number of nitrogens with two attached hydrogens (primary N) is 2. The fraction of sp³-hybridized carbons (Fsp3) is 0.200. The maximum atomic E-state index is 11.8. The standard InChI is InChI=1S/C15H17N5O/c1-9-13(10(2)21)20-8-4-6-12(15(20)18-9)19-7-3-5-11(16)14(19)17/h3-8,14H,16-17H2,1-2H3. The molecule has 2 aromatic heterocycles. The van der Waals surface area contributed by atoms with Gasteiger partial charge in [-0.3, -0.25) is 9.20 Å². The number of imidazole rings is 1. The number of aromatic nitrogens is 2. The van der Waals surface area contributed by atoms with E-state index in [1.54, 1.807) is 10.5 Å². The number of rotatable bonds is 2. The van der Waals surface area contributed by atoms with Crippen LogP contribution < -0.4 is 16.4 Å². The summed E-state index contributed by atoms with van der Waals surface area (Å²) in [5, 5.41) is 0. The molecule has 1 aliphatic heterocycles. The average Bonchev–Trinajstić information content (AvgIpc) is 2.78. The van der Waals surface area contributed by atoms with Gasteiger partial charge in [-0.05, 0) is 31.2 Å². The Labute approximate surface area is 122 Å². The van der Waals surface area contributed by atoms with Gasteiger partial charge in [-0.1, -0.05) is 0 Å². The Kier molecular flexibility index (Phi) is 3.03. The molecular weight excluding hydrogens is 266 g/mol. The maximum absolute atomic E-state index is 11.8. The summed E-state index contributed by atoms with van der Waals surface area (Å²) in [6, 6.07) is 3.78. The first-order valence-corrected chi connectivity index (χ1v) is 6.67. The zero-order chi connectivity index (χ0) is 15.1. The maximum Gasteiger partial charge on any atom is 0.178 e. The number of ketones is 1. The zero-order valence-electron chi connectivity index (χ0n) is 11.9. The van der Waals surface area contributed by atoms with Crippen molar-refractivity contribution in [2.24, 2.45) is 11.5 Å². The smallest absolute Gasteiger partial charge is 0.178 e. The fourth-order valence-corrected chi connectivity index (χ4v) is 2.62. The van der Waals surface area contributed by atoms with Crippen LogP contribution in [0.5, 0.6) is 0 Å². The van der Waals surface area contributed by atoms with E-state index in [0.717, 1.165) is 5.69 Å². The van der Waals surface area contributed by atoms with E-state index in [4.69, 9.17) is 11.5 Å². The highest BCUT2D eigenvalue weighted by Crippen LogP contribution is 2.27. The second-order valence-electron chi connectivity index (χ2n) is 5.05. The summed E-state index contributed by atoms with van der Waals surface area (Å²) in [6.07, 6.45) is 6.85. The van der Waals surface area contributed by atoms with Gasteiger partial charge in [0.2, 0.25) is 0 Å². The van der Waals surface area contributed by atoms with Gasteiger partial charge < -0.3 is 16.4 Å². The SMILES string of the molecule is CC(=O)c1c(C)nc2c(N3C=CC=C(N)C3N)cccn12. The molecule has 108 valence electrons. The summed E-state index contributed by atoms with van der Waals surface area (Å²) in [6.45, 7) is 3.37. The molecule has 3 heterocycles. The van der Waals surface area contributed by atoms with Crippen LogP contribution in [0.3, 0.4) is 0 Å². The summed E-state index contributed by atoms with van der Waals surface area (Å²) < 4.78 is 1.79. The predicted octanol–water partition coefficient (Wildman–Crippen LogP) is 1.31. The minimum Gasteiger partial charge on any atom is -0.399 e. The van der Waals surface area contributed by atoms with Crippen molar-refractivity contribution < 1.29 is 4.79 Å². The number of hydrogen-bond acceptors (Lipinski definition) is 5. The molecule has 0 aromatic carbocycles. The Morgan fingerprint density at radius 2 is 2.19 bits per heavy atom. The van der Waals surface area contributed by atoms with Gasteiger partial charge in [0.1, 0.15) is 11.9 Å². The Balaban J connectivity index is 2.21. The van der Waals surface area contributed by atoms with Crippen LogP contribution in [0, 0.1) is 6.92 Å². The van der Waals surface area contributed by atoms with Gasteiger partial charge >= 0.3 is 0 Å². The van der Waals surface area contributed by atoms with Gasteiger partial charge in [0, 0.05) is 25.0 Å². The van der Waals surface area contributed by atoms with Gasteiger partial charge in [-0.15, -0.1) is 0 Å². The molecule has 21 heavy (non-hydrogen) atoms. The molecule has 4 N–H and O–H groups in total. The summed E-state index contributed by atoms with van der Waals surface area (Å²) in [4.78, 5) is 18.2. The monoisotopic (exact) mass is 283 g/mol. The van der Waals surface area contributed by atoms with E-state index in [0.29, 0.717) is 22.7 Å². The number of allylic oxidation sites excluding steroid dienone is 2. The summed E-state index contributed by atoms with van der Waals surface area (Å²) in [7, 11) is 0. The van der Waals surface area contributed by atoms with Gasteiger partial charge in [-0.25, -0.2) is 4.98 Å². The van der Waals surface area contributed by atoms with Crippen LogP contribution in [0.25, 0.3) is 5.65 Å². The van der Waals surface area contributed by atoms with Crippen molar-refractivity contribution in [1.29, 1.82) is 0 Å². The van der Waals surface area contributed by atoms with Crippen molar-refractivity contribution in [2.75, 3.05) is 4.90 Å². The number of carbonyl (C=O) groups is 1. The highest BCUT2D eigenvalue weighted by molar-refractivity contribution is 5.95. The first kappa shape index (κ1) is 13.4. The minimum absolute atomic E-state index is 0.0185. The largest absolute Gasteiger partial charge is 0.399 e. The molecule has 0 saturated heterocycles. The lowest BCUT2D eigenvalue weighted by Crippen LogP contribution is -2.44. The molecule has 0 radical (unpaired) electrons. The van der Waals surface area contributed by atoms with Crippen LogP contribution in [-0.2, 0) is 0 Å². The average molecular weight is 283 g/mol. The van der Waals surface area contributed by atoms with E-state index in [9.17, 15) is 4.79 Å². The van der Waals surface area contributed by atoms with Gasteiger partial charge in [0.05, 0.1) is 11.4 Å². The van der Waals surface area contributed by atoms with Crippen molar-refractivity contribution in [2.45, 2.75) is 20.0 Å². The number of fused-ring (bicyclic) bond motifs is 1. The second kappa shape index (κ2) is 4.75. The van der Waals surface area contributed by atoms with Crippen molar-refractivity contribution in [1.82, 2.24) is 9.38 Å². The molecule has 0 bridgehead atoms. The molecule has 1 aliphatic rings. The second-order valence-corrected chi connectivity index (χ2v) is 5.05. The van der Waals surface area contributed by atoms with Crippen LogP contribution in [-0.4, -0.2) is 21.3 Å². The van der Waals surface area contributed by atoms with Crippen LogP contribution in [0.2, 0.25) is 0 Å². The Bertz CT molecular complexity index is 787. The number of carbonyl (C=O) groups excluding carboxylic acids is 1. The molecule has 0 fully saturated rings. The topological polar surface area (TPSA) is 89.6 Å². The third kappa shape index (κ3) is 2.00. The summed E-state index contributed by atoms with van der Waals surface area (Å²) in [5.41, 5.74) is 15.4. The van der Waals surface area contributed by atoms with Crippen LogP contribution in [0.1, 0.15) is 23.1 Å². The number of nitrogens with zero attached hydrogens (tertiary/aromatic N) is 3. The number of hydrogen-bond donors (Lipinski definition) is 2. The van der Waals surface area contributed by atoms with Crippen molar-refractivity contribution in [3.63, 3.8) is 0 Å². The Morgan fingerprint density at radius 1 is 1.43 bits per heavy atom. The van der Waals surface area contributed by atoms with E-state index in [2.05, 4.69) is 4.98 Å². The highest BCUT2D eigenvalue weighted by atomic mass is 16.1. The third-order valence-electron chi connectivity index (χ3n) is 3.59. The molecule has 1 unspecified atom stereocenters. The lowest BCUT2D eigenvalue weighted by atomic mass is 10.2. The van der Waals surface area contributed by atoms with Crippen LogP contribution in [0.4, 0.5) is 5.69 Å². The predicted molar refractivity (Wildman–Crippen MR) is 81.8 cm³/mol. The number of pyridine rings is 1. The normalized spacial score (nSPS) is 18.1. The van der Waals surface area contributed by atoms with Gasteiger partial charge in [0.15, 0.2) is 11.4 Å². The molecule has 1 atom stereocenters. The van der Waals surface area contributed by atoms with Crippen LogP contribution in [0.15, 0.2) is 42.4 Å². The molecule has 0 spiro atoms. The van der Waals surface area contributed by atoms with Gasteiger partial charge in [0.25, 0.3) is 0 Å². The van der Waals surface area contributed by atoms with E-state index >= 15 is 0 Å². The number of aryl methyl sites for hydroxylation is 1. The minimum atomic E-state index is -0.445. The van der Waals surface area contributed by atoms with Crippen LogP contribution >= 0.6 is 0 Å². The van der Waals surface area contributed by atoms with E-state index in [-0.39, 0.29) is 5.78 Å². The van der Waals surface area contributed by atoms with Crippen molar-refractivity contribution >= 4 is 17.1 Å². The first-order valence-electron chi connectivity index (χ1n) is 6.67. The fourth-order valence-electron chi connectivity index (χ4n) is 2.62. The summed E-state index contributed by atoms with van der Waals surface area (Å²) >= 11 is 0. The summed E-state index contributed by atoms with van der Waals surface area (Å²) in [5.74, 6) is -0.0185. The molecular formula is C15H17N5O. The van der Waals surface area contributed by atoms with Gasteiger partial charge in [-0.2, -0.15) is 0 Å². The van der Waals surface area contributed by atoms with E-state index in [1.165, 1.54) is 6.92 Å². The molecule has 0 amide bonds. The first-order chi connectivity index (χ1) is 10.0. The van der Waals surface area contributed by atoms with E-state index in [1.807, 2.05) is 42.4 Å². The molecule has 6 nitrogen and oxygen atoms in total. The lowest BCUT2D eigenvalue weighted by molar-refractivity contribution is 0.101.